The van der Waals surface area contributed by atoms with Crippen LogP contribution >= 0.6 is 0 Å². The Hall–Kier alpha value is -1.77. The van der Waals surface area contributed by atoms with Crippen molar-refractivity contribution in [2.24, 2.45) is 0 Å². The second kappa shape index (κ2) is 4.39. The van der Waals surface area contributed by atoms with Crippen molar-refractivity contribution in [2.45, 2.75) is 26.8 Å². The molecule has 2 aromatic rings. The van der Waals surface area contributed by atoms with Gasteiger partial charge in [-0.25, -0.2) is 0 Å². The Balaban J connectivity index is 2.46. The predicted octanol–water partition coefficient (Wildman–Crippen LogP) is 2.56. The van der Waals surface area contributed by atoms with Crippen molar-refractivity contribution in [1.82, 2.24) is 9.78 Å². The van der Waals surface area contributed by atoms with E-state index in [0.717, 1.165) is 24.2 Å². The Morgan fingerprint density at radius 1 is 1.31 bits per heavy atom. The van der Waals surface area contributed by atoms with Gasteiger partial charge in [0.15, 0.2) is 0 Å². The first-order valence-corrected chi connectivity index (χ1v) is 5.58. The minimum absolute atomic E-state index is 0.0418. The van der Waals surface area contributed by atoms with Gasteiger partial charge in [-0.3, -0.25) is 14.6 Å². The lowest BCUT2D eigenvalue weighted by Gasteiger charge is -2.02. The van der Waals surface area contributed by atoms with Crippen molar-refractivity contribution in [2.75, 3.05) is 0 Å². The molecule has 0 amide bonds. The van der Waals surface area contributed by atoms with E-state index in [-0.39, 0.29) is 5.56 Å². The molecule has 1 aromatic heterocycles. The van der Waals surface area contributed by atoms with Crippen molar-refractivity contribution >= 4 is 0 Å². The molecule has 0 aliphatic heterocycles. The zero-order valence-electron chi connectivity index (χ0n) is 9.66. The number of aromatic amines is 1. The average molecular weight is 216 g/mol. The smallest absolute Gasteiger partial charge is 0.267 e. The van der Waals surface area contributed by atoms with Gasteiger partial charge in [0.25, 0.3) is 5.56 Å². The summed E-state index contributed by atoms with van der Waals surface area (Å²) in [6.07, 6.45) is 0.952. The average Bonchev–Trinajstić information content (AvgIpc) is 2.61. The van der Waals surface area contributed by atoms with Crippen LogP contribution in [0.5, 0.6) is 0 Å². The maximum atomic E-state index is 11.6. The minimum Gasteiger partial charge on any atom is -0.295 e. The molecule has 84 valence electrons. The largest absolute Gasteiger partial charge is 0.295 e. The molecule has 2 rings (SSSR count). The first-order valence-electron chi connectivity index (χ1n) is 5.58. The molecule has 0 aliphatic rings. The van der Waals surface area contributed by atoms with Crippen LogP contribution in [0.3, 0.4) is 0 Å². The third-order valence-electron chi connectivity index (χ3n) is 2.67. The molecule has 3 heteroatoms. The standard InChI is InChI=1S/C13H16N2O/c1-3-8-15-13(16)9-12(14-15)11-7-5-4-6-10(11)2/h4-7,9,14H,3,8H2,1-2H3. The van der Waals surface area contributed by atoms with Crippen LogP contribution in [0.2, 0.25) is 0 Å². The Labute approximate surface area is 94.7 Å². The number of aromatic nitrogens is 2. The molecular weight excluding hydrogens is 200 g/mol. The SMILES string of the molecule is CCCn1[nH]c(-c2ccccc2C)cc1=O. The molecule has 0 atom stereocenters. The topological polar surface area (TPSA) is 37.8 Å². The van der Waals surface area contributed by atoms with Gasteiger partial charge in [0.1, 0.15) is 0 Å². The van der Waals surface area contributed by atoms with E-state index in [0.29, 0.717) is 0 Å². The predicted molar refractivity (Wildman–Crippen MR) is 65.5 cm³/mol. The monoisotopic (exact) mass is 216 g/mol. The van der Waals surface area contributed by atoms with E-state index in [1.165, 1.54) is 5.56 Å². The van der Waals surface area contributed by atoms with Gasteiger partial charge in [-0.05, 0) is 18.9 Å². The quantitative estimate of drug-likeness (QED) is 0.841. The maximum absolute atomic E-state index is 11.6. The molecule has 1 aromatic carbocycles. The summed E-state index contributed by atoms with van der Waals surface area (Å²) in [6.45, 7) is 4.84. The molecule has 3 nitrogen and oxygen atoms in total. The summed E-state index contributed by atoms with van der Waals surface area (Å²) >= 11 is 0. The number of H-pyrrole nitrogens is 1. The molecule has 0 spiro atoms. The van der Waals surface area contributed by atoms with Crippen LogP contribution in [-0.2, 0) is 6.54 Å². The molecule has 0 fully saturated rings. The number of aryl methyl sites for hydroxylation is 2. The van der Waals surface area contributed by atoms with E-state index < -0.39 is 0 Å². The van der Waals surface area contributed by atoms with Crippen molar-refractivity contribution < 1.29 is 0 Å². The Morgan fingerprint density at radius 2 is 2.06 bits per heavy atom. The molecule has 0 saturated heterocycles. The van der Waals surface area contributed by atoms with Gasteiger partial charge >= 0.3 is 0 Å². The van der Waals surface area contributed by atoms with Crippen LogP contribution in [-0.4, -0.2) is 9.78 Å². The maximum Gasteiger partial charge on any atom is 0.267 e. The number of benzene rings is 1. The third-order valence-corrected chi connectivity index (χ3v) is 2.67. The lowest BCUT2D eigenvalue weighted by Crippen LogP contribution is -2.15. The van der Waals surface area contributed by atoms with E-state index in [1.54, 1.807) is 10.7 Å². The molecule has 0 saturated carbocycles. The van der Waals surface area contributed by atoms with Gasteiger partial charge < -0.3 is 0 Å². The normalized spacial score (nSPS) is 10.6. The second-order valence-electron chi connectivity index (χ2n) is 3.97. The van der Waals surface area contributed by atoms with Gasteiger partial charge in [-0.2, -0.15) is 0 Å². The molecule has 0 unspecified atom stereocenters. The summed E-state index contributed by atoms with van der Waals surface area (Å²) in [6, 6.07) is 9.72. The number of nitrogens with one attached hydrogen (secondary N) is 1. The Morgan fingerprint density at radius 3 is 2.75 bits per heavy atom. The number of hydrogen-bond acceptors (Lipinski definition) is 1. The Kier molecular flexibility index (Phi) is 2.95. The van der Waals surface area contributed by atoms with E-state index in [2.05, 4.69) is 12.0 Å². The van der Waals surface area contributed by atoms with E-state index in [9.17, 15) is 4.79 Å². The molecular formula is C13H16N2O. The van der Waals surface area contributed by atoms with Crippen molar-refractivity contribution in [3.63, 3.8) is 0 Å². The molecule has 16 heavy (non-hydrogen) atoms. The van der Waals surface area contributed by atoms with Crippen LogP contribution in [0.1, 0.15) is 18.9 Å². The van der Waals surface area contributed by atoms with Crippen molar-refractivity contribution in [3.8, 4) is 11.3 Å². The fourth-order valence-corrected chi connectivity index (χ4v) is 1.84. The molecule has 0 radical (unpaired) electrons. The fourth-order valence-electron chi connectivity index (χ4n) is 1.84. The zero-order chi connectivity index (χ0) is 11.5. The highest BCUT2D eigenvalue weighted by Crippen LogP contribution is 2.19. The summed E-state index contributed by atoms with van der Waals surface area (Å²) < 4.78 is 1.65. The van der Waals surface area contributed by atoms with Crippen LogP contribution in [0.4, 0.5) is 0 Å². The lowest BCUT2D eigenvalue weighted by molar-refractivity contribution is 0.587. The third kappa shape index (κ3) is 1.94. The highest BCUT2D eigenvalue weighted by Gasteiger charge is 2.06. The highest BCUT2D eigenvalue weighted by atomic mass is 16.1. The van der Waals surface area contributed by atoms with Crippen molar-refractivity contribution in [3.05, 3.63) is 46.2 Å². The minimum atomic E-state index is 0.0418. The van der Waals surface area contributed by atoms with Crippen LogP contribution in [0, 0.1) is 6.92 Å². The van der Waals surface area contributed by atoms with E-state index in [1.807, 2.05) is 31.2 Å². The van der Waals surface area contributed by atoms with Crippen LogP contribution in [0.15, 0.2) is 35.1 Å². The van der Waals surface area contributed by atoms with Gasteiger partial charge in [0.2, 0.25) is 0 Å². The van der Waals surface area contributed by atoms with Crippen molar-refractivity contribution in [1.29, 1.82) is 0 Å². The van der Waals surface area contributed by atoms with Gasteiger partial charge in [0.05, 0.1) is 5.69 Å². The summed E-state index contributed by atoms with van der Waals surface area (Å²) in [5.41, 5.74) is 3.21. The Bertz CT molecular complexity index is 537. The first kappa shape index (κ1) is 10.7. The molecule has 1 N–H and O–H groups in total. The number of nitrogens with zero attached hydrogens (tertiary/aromatic N) is 1. The summed E-state index contributed by atoms with van der Waals surface area (Å²) in [5, 5.41) is 3.14. The fraction of sp³-hybridized carbons (Fsp3) is 0.308. The highest BCUT2D eigenvalue weighted by molar-refractivity contribution is 5.62. The molecule has 1 heterocycles. The second-order valence-corrected chi connectivity index (χ2v) is 3.97. The van der Waals surface area contributed by atoms with Crippen LogP contribution in [0.25, 0.3) is 11.3 Å². The summed E-state index contributed by atoms with van der Waals surface area (Å²) in [4.78, 5) is 11.6. The van der Waals surface area contributed by atoms with Gasteiger partial charge in [-0.1, -0.05) is 31.2 Å². The van der Waals surface area contributed by atoms with E-state index >= 15 is 0 Å². The zero-order valence-corrected chi connectivity index (χ0v) is 9.66. The number of rotatable bonds is 3. The van der Waals surface area contributed by atoms with Gasteiger partial charge in [0, 0.05) is 18.2 Å². The summed E-state index contributed by atoms with van der Waals surface area (Å²) in [7, 11) is 0. The lowest BCUT2D eigenvalue weighted by atomic mass is 10.1. The number of hydrogen-bond donors (Lipinski definition) is 1. The summed E-state index contributed by atoms with van der Waals surface area (Å²) in [5.74, 6) is 0. The van der Waals surface area contributed by atoms with Crippen LogP contribution < -0.4 is 5.56 Å². The molecule has 0 aliphatic carbocycles. The first-order chi connectivity index (χ1) is 7.72. The van der Waals surface area contributed by atoms with E-state index in [4.69, 9.17) is 0 Å². The molecule has 0 bridgehead atoms. The van der Waals surface area contributed by atoms with Gasteiger partial charge in [-0.15, -0.1) is 0 Å².